The highest BCUT2D eigenvalue weighted by atomic mass is 79.9. The molecule has 1 unspecified atom stereocenters. The number of carbonyl (C=O) groups excluding carboxylic acids is 2. The minimum Gasteiger partial charge on any atom is -0.325 e. The minimum atomic E-state index is -1.41. The van der Waals surface area contributed by atoms with Crippen molar-refractivity contribution in [2.45, 2.75) is 0 Å². The van der Waals surface area contributed by atoms with Crippen LogP contribution in [0.2, 0.25) is 5.02 Å². The monoisotopic (exact) mass is 376 g/mol. The molecule has 0 radical (unpaired) electrons. The molecule has 1 amide bonds. The first-order valence-electron chi connectivity index (χ1n) is 6.27. The maximum atomic E-state index is 12.3. The van der Waals surface area contributed by atoms with Crippen LogP contribution in [0.25, 0.3) is 0 Å². The third-order valence-corrected chi connectivity index (χ3v) is 3.67. The summed E-state index contributed by atoms with van der Waals surface area (Å²) in [6.07, 6.45) is 0. The first-order chi connectivity index (χ1) is 10.5. The zero-order chi connectivity index (χ0) is 16.1. The first kappa shape index (κ1) is 16.2. The quantitative estimate of drug-likeness (QED) is 0.645. The lowest BCUT2D eigenvalue weighted by molar-refractivity contribution is -0.117. The van der Waals surface area contributed by atoms with Crippen LogP contribution in [-0.4, -0.2) is 11.7 Å². The van der Waals surface area contributed by atoms with E-state index in [1.54, 1.807) is 54.6 Å². The highest BCUT2D eigenvalue weighted by molar-refractivity contribution is 9.10. The molecule has 6 heteroatoms. The van der Waals surface area contributed by atoms with Gasteiger partial charge in [0.15, 0.2) is 11.7 Å². The van der Waals surface area contributed by atoms with Gasteiger partial charge in [-0.2, -0.15) is 5.26 Å². The Morgan fingerprint density at radius 3 is 2.23 bits per heavy atom. The van der Waals surface area contributed by atoms with Crippen molar-refractivity contribution in [1.82, 2.24) is 0 Å². The fraction of sp³-hybridized carbons (Fsp3) is 0.0625. The van der Waals surface area contributed by atoms with E-state index >= 15 is 0 Å². The standard InChI is InChI=1S/C16H10BrClN2O2/c17-11-3-1-10(2-4-11)15(21)14(9-19)16(22)20-13-7-5-12(18)6-8-13/h1-8,14H,(H,20,22). The average Bonchev–Trinajstić information content (AvgIpc) is 2.51. The number of amides is 1. The molecule has 0 spiro atoms. The van der Waals surface area contributed by atoms with Gasteiger partial charge < -0.3 is 5.32 Å². The van der Waals surface area contributed by atoms with Gasteiger partial charge in [0.25, 0.3) is 0 Å². The van der Waals surface area contributed by atoms with Gasteiger partial charge in [0.05, 0.1) is 6.07 Å². The summed E-state index contributed by atoms with van der Waals surface area (Å²) in [5.74, 6) is -2.61. The average molecular weight is 378 g/mol. The number of hydrogen-bond acceptors (Lipinski definition) is 3. The van der Waals surface area contributed by atoms with Gasteiger partial charge in [0, 0.05) is 20.7 Å². The molecule has 4 nitrogen and oxygen atoms in total. The Bertz CT molecular complexity index is 736. The molecule has 2 aromatic carbocycles. The third-order valence-electron chi connectivity index (χ3n) is 2.89. The van der Waals surface area contributed by atoms with Gasteiger partial charge >= 0.3 is 0 Å². The van der Waals surface area contributed by atoms with Crippen LogP contribution >= 0.6 is 27.5 Å². The summed E-state index contributed by atoms with van der Waals surface area (Å²) in [7, 11) is 0. The van der Waals surface area contributed by atoms with E-state index in [2.05, 4.69) is 21.2 Å². The Labute approximate surface area is 140 Å². The Morgan fingerprint density at radius 2 is 1.68 bits per heavy atom. The molecule has 0 heterocycles. The molecular weight excluding hydrogens is 368 g/mol. The number of nitrogens with one attached hydrogen (secondary N) is 1. The van der Waals surface area contributed by atoms with E-state index in [1.165, 1.54) is 0 Å². The normalized spacial score (nSPS) is 11.3. The summed E-state index contributed by atoms with van der Waals surface area (Å²) in [6, 6.07) is 14.6. The van der Waals surface area contributed by atoms with E-state index in [-0.39, 0.29) is 0 Å². The number of rotatable bonds is 4. The minimum absolute atomic E-state index is 0.306. The van der Waals surface area contributed by atoms with Crippen LogP contribution in [0, 0.1) is 17.2 Å². The Kier molecular flexibility index (Phi) is 5.31. The van der Waals surface area contributed by atoms with Crippen molar-refractivity contribution in [2.24, 2.45) is 5.92 Å². The van der Waals surface area contributed by atoms with Crippen molar-refractivity contribution >= 4 is 44.9 Å². The highest BCUT2D eigenvalue weighted by Gasteiger charge is 2.27. The molecule has 0 bridgehead atoms. The van der Waals surface area contributed by atoms with E-state index in [1.807, 2.05) is 0 Å². The van der Waals surface area contributed by atoms with Crippen molar-refractivity contribution in [2.75, 3.05) is 5.32 Å². The fourth-order valence-corrected chi connectivity index (χ4v) is 2.16. The van der Waals surface area contributed by atoms with Gasteiger partial charge in [-0.3, -0.25) is 9.59 Å². The number of hydrogen-bond donors (Lipinski definition) is 1. The zero-order valence-corrected chi connectivity index (χ0v) is 13.6. The van der Waals surface area contributed by atoms with E-state index in [9.17, 15) is 9.59 Å². The maximum absolute atomic E-state index is 12.3. The molecule has 0 saturated heterocycles. The summed E-state index contributed by atoms with van der Waals surface area (Å²) >= 11 is 9.02. The van der Waals surface area contributed by atoms with Crippen LogP contribution in [-0.2, 0) is 4.79 Å². The summed E-state index contributed by atoms with van der Waals surface area (Å²) in [5, 5.41) is 12.2. The molecule has 1 N–H and O–H groups in total. The van der Waals surface area contributed by atoms with Gasteiger partial charge in [0.1, 0.15) is 0 Å². The van der Waals surface area contributed by atoms with Gasteiger partial charge in [-0.1, -0.05) is 39.7 Å². The summed E-state index contributed by atoms with van der Waals surface area (Å²) in [4.78, 5) is 24.4. The van der Waals surface area contributed by atoms with Crippen LogP contribution in [0.3, 0.4) is 0 Å². The number of nitrogens with zero attached hydrogens (tertiary/aromatic N) is 1. The number of ketones is 1. The number of Topliss-reactive ketones (excluding diaryl/α,β-unsaturated/α-hetero) is 1. The van der Waals surface area contributed by atoms with Gasteiger partial charge in [-0.05, 0) is 36.4 Å². The molecule has 0 fully saturated rings. The number of carbonyl (C=O) groups is 2. The number of halogens is 2. The van der Waals surface area contributed by atoms with E-state index in [4.69, 9.17) is 16.9 Å². The second kappa shape index (κ2) is 7.21. The topological polar surface area (TPSA) is 70.0 Å². The molecule has 0 aliphatic heterocycles. The lowest BCUT2D eigenvalue weighted by Gasteiger charge is -2.10. The second-order valence-corrected chi connectivity index (χ2v) is 5.78. The van der Waals surface area contributed by atoms with Gasteiger partial charge in [-0.15, -0.1) is 0 Å². The smallest absolute Gasteiger partial charge is 0.249 e. The van der Waals surface area contributed by atoms with E-state index in [0.717, 1.165) is 4.47 Å². The lowest BCUT2D eigenvalue weighted by atomic mass is 9.98. The van der Waals surface area contributed by atoms with Crippen LogP contribution in [0.15, 0.2) is 53.0 Å². The molecule has 22 heavy (non-hydrogen) atoms. The van der Waals surface area contributed by atoms with Crippen molar-refractivity contribution < 1.29 is 9.59 Å². The first-order valence-corrected chi connectivity index (χ1v) is 7.44. The number of benzene rings is 2. The highest BCUT2D eigenvalue weighted by Crippen LogP contribution is 2.17. The molecule has 110 valence electrons. The largest absolute Gasteiger partial charge is 0.325 e. The van der Waals surface area contributed by atoms with Crippen LogP contribution in [0.5, 0.6) is 0 Å². The fourth-order valence-electron chi connectivity index (χ4n) is 1.76. The zero-order valence-electron chi connectivity index (χ0n) is 11.2. The van der Waals surface area contributed by atoms with Crippen LogP contribution in [0.4, 0.5) is 5.69 Å². The summed E-state index contributed by atoms with van der Waals surface area (Å²) in [6.45, 7) is 0. The maximum Gasteiger partial charge on any atom is 0.249 e. The van der Waals surface area contributed by atoms with Crippen molar-refractivity contribution in [3.8, 4) is 6.07 Å². The SMILES string of the molecule is N#CC(C(=O)Nc1ccc(Cl)cc1)C(=O)c1ccc(Br)cc1. The second-order valence-electron chi connectivity index (χ2n) is 4.43. The molecular formula is C16H10BrClN2O2. The molecule has 0 saturated carbocycles. The van der Waals surface area contributed by atoms with Crippen molar-refractivity contribution in [1.29, 1.82) is 5.26 Å². The molecule has 2 rings (SSSR count). The molecule has 2 aromatic rings. The molecule has 0 aliphatic rings. The molecule has 0 aliphatic carbocycles. The Balaban J connectivity index is 2.15. The van der Waals surface area contributed by atoms with Crippen molar-refractivity contribution in [3.05, 3.63) is 63.6 Å². The predicted molar refractivity (Wildman–Crippen MR) is 87.7 cm³/mol. The van der Waals surface area contributed by atoms with Crippen LogP contribution in [0.1, 0.15) is 10.4 Å². The Morgan fingerprint density at radius 1 is 1.09 bits per heavy atom. The van der Waals surface area contributed by atoms with Crippen LogP contribution < -0.4 is 5.32 Å². The number of anilines is 1. The van der Waals surface area contributed by atoms with Crippen molar-refractivity contribution in [3.63, 3.8) is 0 Å². The summed E-state index contributed by atoms with van der Waals surface area (Å²) in [5.41, 5.74) is 0.777. The van der Waals surface area contributed by atoms with Gasteiger partial charge in [-0.25, -0.2) is 0 Å². The van der Waals surface area contributed by atoms with Gasteiger partial charge in [0.2, 0.25) is 5.91 Å². The van der Waals surface area contributed by atoms with E-state index in [0.29, 0.717) is 16.3 Å². The molecule has 1 atom stereocenters. The molecule has 0 aromatic heterocycles. The lowest BCUT2D eigenvalue weighted by Crippen LogP contribution is -2.28. The van der Waals surface area contributed by atoms with E-state index < -0.39 is 17.6 Å². The predicted octanol–water partition coefficient (Wildman–Crippen LogP) is 4.06. The number of nitriles is 1. The Hall–Kier alpha value is -2.16. The third kappa shape index (κ3) is 3.94. The summed E-state index contributed by atoms with van der Waals surface area (Å²) < 4.78 is 0.808.